The first-order valence-electron chi connectivity index (χ1n) is 11.1. The van der Waals surface area contributed by atoms with E-state index in [-0.39, 0.29) is 18.2 Å². The van der Waals surface area contributed by atoms with Gasteiger partial charge in [-0.05, 0) is 36.2 Å². The largest absolute Gasteiger partial charge is 0.329 e. The zero-order chi connectivity index (χ0) is 23.2. The normalized spacial score (nSPS) is 17.9. The van der Waals surface area contributed by atoms with Gasteiger partial charge in [0, 0.05) is 30.6 Å². The monoisotopic (exact) mass is 455 g/mol. The predicted octanol–water partition coefficient (Wildman–Crippen LogP) is 1.76. The fourth-order valence-corrected chi connectivity index (χ4v) is 4.67. The van der Waals surface area contributed by atoms with E-state index in [4.69, 9.17) is 0 Å². The van der Waals surface area contributed by atoms with Gasteiger partial charge in [-0.15, -0.1) is 5.10 Å². The van der Waals surface area contributed by atoms with Crippen LogP contribution in [0.1, 0.15) is 28.8 Å². The third-order valence-corrected chi connectivity index (χ3v) is 6.46. The van der Waals surface area contributed by atoms with Gasteiger partial charge < -0.3 is 9.47 Å². The summed E-state index contributed by atoms with van der Waals surface area (Å²) in [7, 11) is 0. The topological polar surface area (TPSA) is 115 Å². The van der Waals surface area contributed by atoms with Gasteiger partial charge in [0.25, 0.3) is 5.91 Å². The number of piperidine rings is 1. The van der Waals surface area contributed by atoms with E-state index in [0.717, 1.165) is 22.2 Å². The first kappa shape index (κ1) is 20.3. The fourth-order valence-electron chi connectivity index (χ4n) is 4.67. The molecule has 4 aromatic rings. The average molecular weight is 455 g/mol. The van der Waals surface area contributed by atoms with Gasteiger partial charge in [-0.3, -0.25) is 24.4 Å². The van der Waals surface area contributed by atoms with Gasteiger partial charge in [0.15, 0.2) is 0 Å². The summed E-state index contributed by atoms with van der Waals surface area (Å²) in [5.41, 5.74) is 5.02. The van der Waals surface area contributed by atoms with Crippen molar-refractivity contribution in [2.45, 2.75) is 38.5 Å². The molecule has 2 aromatic carbocycles. The number of nitrogens with zero attached hydrogens (tertiary/aromatic N) is 6. The van der Waals surface area contributed by atoms with Gasteiger partial charge in [0.1, 0.15) is 11.7 Å². The highest BCUT2D eigenvalue weighted by molar-refractivity contribution is 6.05. The minimum absolute atomic E-state index is 0.188. The van der Waals surface area contributed by atoms with Crippen molar-refractivity contribution < 1.29 is 14.4 Å². The van der Waals surface area contributed by atoms with Crippen molar-refractivity contribution in [3.8, 4) is 11.3 Å². The van der Waals surface area contributed by atoms with Crippen LogP contribution in [0.5, 0.6) is 0 Å². The van der Waals surface area contributed by atoms with Crippen molar-refractivity contribution in [1.29, 1.82) is 0 Å². The Morgan fingerprint density at radius 2 is 1.94 bits per heavy atom. The van der Waals surface area contributed by atoms with Crippen LogP contribution in [-0.2, 0) is 29.2 Å². The second-order valence-electron chi connectivity index (χ2n) is 8.57. The number of imide groups is 1. The molecular weight excluding hydrogens is 434 g/mol. The number of aryl methyl sites for hydroxylation is 2. The van der Waals surface area contributed by atoms with Crippen LogP contribution in [0.4, 0.5) is 0 Å². The maximum atomic E-state index is 12.9. The molecule has 10 nitrogen and oxygen atoms in total. The highest BCUT2D eigenvalue weighted by atomic mass is 16.2. The molecule has 0 bridgehead atoms. The van der Waals surface area contributed by atoms with Crippen molar-refractivity contribution >= 4 is 28.8 Å². The smallest absolute Gasteiger partial charge is 0.255 e. The van der Waals surface area contributed by atoms with E-state index < -0.39 is 11.9 Å². The molecule has 1 fully saturated rings. The highest BCUT2D eigenvalue weighted by Gasteiger charge is 2.39. The van der Waals surface area contributed by atoms with E-state index >= 15 is 0 Å². The summed E-state index contributed by atoms with van der Waals surface area (Å²) in [5.74, 6) is -0.893. The Labute approximate surface area is 194 Å². The standard InChI is InChI=1S/C24H21N7O3/c32-22-8-7-21(23(33)26-22)31-12-16-11-15(5-6-17(16)24(31)34)19-13-30(28-27-19)10-9-29-14-25-18-3-1-2-4-20(18)29/h1-6,11,13-14,21H,7-10,12H2,(H,26,32,33). The first-order chi connectivity index (χ1) is 16.6. The Morgan fingerprint density at radius 1 is 1.06 bits per heavy atom. The molecule has 1 saturated heterocycles. The Kier molecular flexibility index (Phi) is 4.72. The van der Waals surface area contributed by atoms with Crippen molar-refractivity contribution in [3.05, 3.63) is 66.1 Å². The Hall–Kier alpha value is -4.34. The second-order valence-corrected chi connectivity index (χ2v) is 8.57. The number of hydrogen-bond donors (Lipinski definition) is 1. The van der Waals surface area contributed by atoms with E-state index in [0.29, 0.717) is 37.3 Å². The number of fused-ring (bicyclic) bond motifs is 2. The summed E-state index contributed by atoms with van der Waals surface area (Å²) in [4.78, 5) is 42.5. The van der Waals surface area contributed by atoms with Gasteiger partial charge >= 0.3 is 0 Å². The Bertz CT molecular complexity index is 1450. The summed E-state index contributed by atoms with van der Waals surface area (Å²) in [6.07, 6.45) is 4.29. The molecule has 6 rings (SSSR count). The summed E-state index contributed by atoms with van der Waals surface area (Å²) in [6, 6.07) is 12.9. The molecule has 2 aliphatic rings. The van der Waals surface area contributed by atoms with Crippen LogP contribution < -0.4 is 5.32 Å². The lowest BCUT2D eigenvalue weighted by Gasteiger charge is -2.29. The van der Waals surface area contributed by atoms with Crippen LogP contribution in [0.15, 0.2) is 55.0 Å². The molecule has 4 heterocycles. The van der Waals surface area contributed by atoms with E-state index in [1.165, 1.54) is 0 Å². The van der Waals surface area contributed by atoms with Crippen LogP contribution in [0.25, 0.3) is 22.3 Å². The summed E-state index contributed by atoms with van der Waals surface area (Å²) >= 11 is 0. The zero-order valence-corrected chi connectivity index (χ0v) is 18.2. The fraction of sp³-hybridized carbons (Fsp3) is 0.250. The van der Waals surface area contributed by atoms with Gasteiger partial charge in [0.2, 0.25) is 11.8 Å². The minimum atomic E-state index is -0.624. The Morgan fingerprint density at radius 3 is 2.82 bits per heavy atom. The molecule has 2 aliphatic heterocycles. The number of aromatic nitrogens is 5. The molecular formula is C24H21N7O3. The minimum Gasteiger partial charge on any atom is -0.329 e. The van der Waals surface area contributed by atoms with E-state index in [2.05, 4.69) is 25.2 Å². The highest BCUT2D eigenvalue weighted by Crippen LogP contribution is 2.30. The predicted molar refractivity (Wildman–Crippen MR) is 121 cm³/mol. The van der Waals surface area contributed by atoms with Gasteiger partial charge in [-0.25, -0.2) is 4.98 Å². The third kappa shape index (κ3) is 3.43. The number of amides is 3. The lowest BCUT2D eigenvalue weighted by atomic mass is 10.0. The van der Waals surface area contributed by atoms with Gasteiger partial charge in [-0.1, -0.05) is 23.4 Å². The molecule has 0 aliphatic carbocycles. The average Bonchev–Trinajstić information content (AvgIpc) is 3.55. The van der Waals surface area contributed by atoms with Gasteiger partial charge in [-0.2, -0.15) is 0 Å². The number of benzene rings is 2. The molecule has 1 unspecified atom stereocenters. The molecule has 0 radical (unpaired) electrons. The van der Waals surface area contributed by atoms with Crippen molar-refractivity contribution in [2.75, 3.05) is 0 Å². The maximum Gasteiger partial charge on any atom is 0.255 e. The maximum absolute atomic E-state index is 12.9. The number of para-hydroxylation sites is 2. The van der Waals surface area contributed by atoms with Crippen molar-refractivity contribution in [3.63, 3.8) is 0 Å². The van der Waals surface area contributed by atoms with Crippen molar-refractivity contribution in [1.82, 2.24) is 34.8 Å². The number of nitrogens with one attached hydrogen (secondary N) is 1. The van der Waals surface area contributed by atoms with Crippen LogP contribution in [0.3, 0.4) is 0 Å². The molecule has 0 spiro atoms. The van der Waals surface area contributed by atoms with Crippen LogP contribution >= 0.6 is 0 Å². The van der Waals surface area contributed by atoms with Crippen LogP contribution in [0.2, 0.25) is 0 Å². The summed E-state index contributed by atoms with van der Waals surface area (Å²) in [6.45, 7) is 1.68. The quantitative estimate of drug-likeness (QED) is 0.459. The number of rotatable bonds is 5. The second kappa shape index (κ2) is 7.91. The molecule has 3 amide bonds. The van der Waals surface area contributed by atoms with E-state index in [9.17, 15) is 14.4 Å². The first-order valence-corrected chi connectivity index (χ1v) is 11.1. The Balaban J connectivity index is 1.17. The molecule has 1 N–H and O–H groups in total. The third-order valence-electron chi connectivity index (χ3n) is 6.46. The SMILES string of the molecule is O=C1CCC(N2Cc3cc(-c4cn(CCn5cnc6ccccc65)nn4)ccc3C2=O)C(=O)N1. The lowest BCUT2D eigenvalue weighted by molar-refractivity contribution is -0.136. The molecule has 2 aromatic heterocycles. The number of imidazole rings is 1. The van der Waals surface area contributed by atoms with Gasteiger partial charge in [0.05, 0.1) is 30.1 Å². The van der Waals surface area contributed by atoms with Crippen LogP contribution in [-0.4, -0.2) is 53.2 Å². The van der Waals surface area contributed by atoms with E-state index in [1.807, 2.05) is 48.9 Å². The summed E-state index contributed by atoms with van der Waals surface area (Å²) < 4.78 is 3.87. The van der Waals surface area contributed by atoms with Crippen molar-refractivity contribution in [2.24, 2.45) is 0 Å². The number of carbonyl (C=O) groups is 3. The number of hydrogen-bond acceptors (Lipinski definition) is 6. The zero-order valence-electron chi connectivity index (χ0n) is 18.2. The van der Waals surface area contributed by atoms with Crippen LogP contribution in [0, 0.1) is 0 Å². The molecule has 170 valence electrons. The number of carbonyl (C=O) groups excluding carboxylic acids is 3. The molecule has 10 heteroatoms. The molecule has 34 heavy (non-hydrogen) atoms. The molecule has 1 atom stereocenters. The summed E-state index contributed by atoms with van der Waals surface area (Å²) in [5, 5.41) is 10.9. The lowest BCUT2D eigenvalue weighted by Crippen LogP contribution is -2.52. The molecule has 0 saturated carbocycles. The van der Waals surface area contributed by atoms with E-state index in [1.54, 1.807) is 15.6 Å².